The fourth-order valence-corrected chi connectivity index (χ4v) is 4.12. The van der Waals surface area contributed by atoms with Gasteiger partial charge in [-0.15, -0.1) is 0 Å². The van der Waals surface area contributed by atoms with Crippen LogP contribution < -0.4 is 15.8 Å². The maximum absolute atomic E-state index is 13.3. The van der Waals surface area contributed by atoms with E-state index in [0.717, 1.165) is 30.5 Å². The first-order chi connectivity index (χ1) is 15.7. The average Bonchev–Trinajstić information content (AvgIpc) is 2.77. The highest BCUT2D eigenvalue weighted by atomic mass is 19.4. The summed E-state index contributed by atoms with van der Waals surface area (Å²) in [5.74, 6) is 1.70. The van der Waals surface area contributed by atoms with E-state index >= 15 is 0 Å². The zero-order valence-corrected chi connectivity index (χ0v) is 18.7. The molecule has 4 rings (SSSR count). The second-order valence-corrected chi connectivity index (χ2v) is 8.22. The van der Waals surface area contributed by atoms with Crippen LogP contribution in [0.5, 0.6) is 5.88 Å². The highest BCUT2D eigenvalue weighted by molar-refractivity contribution is 5.88. The Balaban J connectivity index is 1.75. The van der Waals surface area contributed by atoms with E-state index in [2.05, 4.69) is 20.3 Å². The number of benzene rings is 1. The minimum atomic E-state index is -4.48. The molecule has 7 nitrogen and oxygen atoms in total. The number of alkyl halides is 3. The number of fused-ring (bicyclic) bond motifs is 1. The van der Waals surface area contributed by atoms with Crippen molar-refractivity contribution in [3.8, 4) is 5.88 Å². The number of nitrogens with two attached hydrogens (primary N) is 1. The summed E-state index contributed by atoms with van der Waals surface area (Å²) < 4.78 is 50.8. The van der Waals surface area contributed by atoms with E-state index in [0.29, 0.717) is 47.3 Å². The average molecular weight is 461 g/mol. The van der Waals surface area contributed by atoms with Crippen molar-refractivity contribution in [2.45, 2.75) is 44.8 Å². The van der Waals surface area contributed by atoms with Crippen LogP contribution in [0.25, 0.3) is 11.0 Å². The van der Waals surface area contributed by atoms with Crippen LogP contribution in [0.4, 0.5) is 24.7 Å². The molecule has 1 aliphatic rings. The molecule has 0 amide bonds. The summed E-state index contributed by atoms with van der Waals surface area (Å²) >= 11 is 0. The van der Waals surface area contributed by atoms with E-state index in [9.17, 15) is 13.2 Å². The maximum atomic E-state index is 13.3. The number of nitrogens with zero attached hydrogens (tertiary/aromatic N) is 3. The lowest BCUT2D eigenvalue weighted by molar-refractivity contribution is -0.137. The SMILES string of the molecule is COc1nc2nc(C)nc(N[C@H](C)c3cc(N)cc(C(F)(F)F)c3)c2cc1C1CCOCC1. The van der Waals surface area contributed by atoms with Gasteiger partial charge in [0.05, 0.1) is 24.1 Å². The first kappa shape index (κ1) is 23.0. The van der Waals surface area contributed by atoms with Gasteiger partial charge in [-0.05, 0) is 62.4 Å². The largest absolute Gasteiger partial charge is 0.481 e. The molecule has 0 unspecified atom stereocenters. The maximum Gasteiger partial charge on any atom is 0.416 e. The summed E-state index contributed by atoms with van der Waals surface area (Å²) in [4.78, 5) is 13.6. The zero-order chi connectivity index (χ0) is 23.8. The van der Waals surface area contributed by atoms with Crippen molar-refractivity contribution in [1.82, 2.24) is 15.0 Å². The number of ether oxygens (including phenoxy) is 2. The molecule has 3 heterocycles. The third kappa shape index (κ3) is 4.95. The number of aryl methyl sites for hydroxylation is 1. The van der Waals surface area contributed by atoms with E-state index in [-0.39, 0.29) is 11.6 Å². The minimum Gasteiger partial charge on any atom is -0.481 e. The number of halogens is 3. The molecule has 10 heteroatoms. The summed E-state index contributed by atoms with van der Waals surface area (Å²) in [7, 11) is 1.57. The van der Waals surface area contributed by atoms with E-state index in [1.807, 2.05) is 6.07 Å². The number of nitrogens with one attached hydrogen (secondary N) is 1. The van der Waals surface area contributed by atoms with Crippen LogP contribution >= 0.6 is 0 Å². The number of aromatic nitrogens is 3. The number of hydrogen-bond donors (Lipinski definition) is 2. The van der Waals surface area contributed by atoms with Crippen LogP contribution in [0.15, 0.2) is 24.3 Å². The van der Waals surface area contributed by atoms with Crippen LogP contribution in [0, 0.1) is 6.92 Å². The predicted octanol–water partition coefficient (Wildman–Crippen LogP) is 5.01. The summed E-state index contributed by atoms with van der Waals surface area (Å²) in [5, 5.41) is 3.91. The van der Waals surface area contributed by atoms with Crippen LogP contribution in [-0.4, -0.2) is 35.3 Å². The fourth-order valence-electron chi connectivity index (χ4n) is 4.12. The molecule has 1 aliphatic heterocycles. The van der Waals surface area contributed by atoms with Gasteiger partial charge in [0.15, 0.2) is 5.65 Å². The van der Waals surface area contributed by atoms with E-state index in [4.69, 9.17) is 15.2 Å². The molecular weight excluding hydrogens is 435 g/mol. The minimum absolute atomic E-state index is 0.0467. The van der Waals surface area contributed by atoms with Crippen molar-refractivity contribution in [2.24, 2.45) is 0 Å². The van der Waals surface area contributed by atoms with Crippen molar-refractivity contribution in [2.75, 3.05) is 31.4 Å². The van der Waals surface area contributed by atoms with Crippen LogP contribution in [0.3, 0.4) is 0 Å². The molecule has 1 fully saturated rings. The Bertz CT molecular complexity index is 1160. The van der Waals surface area contributed by atoms with Gasteiger partial charge in [0, 0.05) is 24.5 Å². The number of nitrogen functional groups attached to an aromatic ring is 1. The normalized spacial score (nSPS) is 16.1. The topological polar surface area (TPSA) is 95.2 Å². The van der Waals surface area contributed by atoms with Crippen LogP contribution in [0.1, 0.15) is 54.2 Å². The quantitative estimate of drug-likeness (QED) is 0.516. The Morgan fingerprint density at radius 1 is 1.12 bits per heavy atom. The molecule has 176 valence electrons. The summed E-state index contributed by atoms with van der Waals surface area (Å²) in [6.45, 7) is 4.82. The molecule has 33 heavy (non-hydrogen) atoms. The molecule has 0 spiro atoms. The molecule has 0 aliphatic carbocycles. The molecule has 0 saturated carbocycles. The van der Waals surface area contributed by atoms with Crippen molar-refractivity contribution < 1.29 is 22.6 Å². The Morgan fingerprint density at radius 3 is 2.52 bits per heavy atom. The van der Waals surface area contributed by atoms with Crippen molar-refractivity contribution in [3.63, 3.8) is 0 Å². The van der Waals surface area contributed by atoms with Gasteiger partial charge in [-0.1, -0.05) is 0 Å². The second-order valence-electron chi connectivity index (χ2n) is 8.22. The van der Waals surface area contributed by atoms with Crippen molar-refractivity contribution in [3.05, 3.63) is 46.8 Å². The Morgan fingerprint density at radius 2 is 1.85 bits per heavy atom. The lowest BCUT2D eigenvalue weighted by Crippen LogP contribution is -2.16. The highest BCUT2D eigenvalue weighted by Gasteiger charge is 2.31. The summed E-state index contributed by atoms with van der Waals surface area (Å²) in [5.41, 5.74) is 6.80. The van der Waals surface area contributed by atoms with E-state index in [1.165, 1.54) is 6.07 Å². The summed E-state index contributed by atoms with van der Waals surface area (Å²) in [6.07, 6.45) is -2.79. The lowest BCUT2D eigenvalue weighted by Gasteiger charge is -2.24. The fraction of sp³-hybridized carbons (Fsp3) is 0.435. The molecule has 0 radical (unpaired) electrons. The standard InChI is InChI=1S/C23H26F3N5O2/c1-12(15-8-16(23(24,25)26)10-17(27)9-15)28-20-19-11-18(14-4-6-33-7-5-14)22(32-3)31-21(19)30-13(2)29-20/h8-12,14H,4-7,27H2,1-3H3,(H,28,29,30,31)/t12-/m1/s1. The number of rotatable bonds is 5. The third-order valence-corrected chi connectivity index (χ3v) is 5.80. The predicted molar refractivity (Wildman–Crippen MR) is 119 cm³/mol. The number of hydrogen-bond acceptors (Lipinski definition) is 7. The van der Waals surface area contributed by atoms with Gasteiger partial charge < -0.3 is 20.5 Å². The van der Waals surface area contributed by atoms with E-state index in [1.54, 1.807) is 21.0 Å². The smallest absolute Gasteiger partial charge is 0.416 e. The zero-order valence-electron chi connectivity index (χ0n) is 18.7. The Kier molecular flexibility index (Phi) is 6.29. The van der Waals surface area contributed by atoms with Gasteiger partial charge in [0.2, 0.25) is 5.88 Å². The third-order valence-electron chi connectivity index (χ3n) is 5.80. The Hall–Kier alpha value is -3.14. The first-order valence-electron chi connectivity index (χ1n) is 10.7. The van der Waals surface area contributed by atoms with Crippen LogP contribution in [0.2, 0.25) is 0 Å². The number of anilines is 2. The molecule has 1 aromatic carbocycles. The van der Waals surface area contributed by atoms with Gasteiger partial charge in [-0.25, -0.2) is 9.97 Å². The van der Waals surface area contributed by atoms with Crippen molar-refractivity contribution >= 4 is 22.5 Å². The molecule has 1 atom stereocenters. The molecule has 2 aromatic heterocycles. The Labute approximate surface area is 189 Å². The first-order valence-corrected chi connectivity index (χ1v) is 10.7. The summed E-state index contributed by atoms with van der Waals surface area (Å²) in [6, 6.07) is 5.01. The molecule has 3 aromatic rings. The molecule has 1 saturated heterocycles. The van der Waals surface area contributed by atoms with Gasteiger partial charge in [0.25, 0.3) is 0 Å². The molecular formula is C23H26F3N5O2. The molecule has 0 bridgehead atoms. The monoisotopic (exact) mass is 461 g/mol. The molecule has 3 N–H and O–H groups in total. The number of pyridine rings is 1. The number of methoxy groups -OCH3 is 1. The lowest BCUT2D eigenvalue weighted by atomic mass is 9.92. The van der Waals surface area contributed by atoms with E-state index < -0.39 is 17.8 Å². The van der Waals surface area contributed by atoms with Gasteiger partial charge >= 0.3 is 6.18 Å². The highest BCUT2D eigenvalue weighted by Crippen LogP contribution is 2.37. The van der Waals surface area contributed by atoms with Gasteiger partial charge in [-0.2, -0.15) is 18.2 Å². The van der Waals surface area contributed by atoms with Crippen molar-refractivity contribution in [1.29, 1.82) is 0 Å². The second kappa shape index (κ2) is 9.01. The van der Waals surface area contributed by atoms with Gasteiger partial charge in [-0.3, -0.25) is 0 Å². The van der Waals surface area contributed by atoms with Crippen LogP contribution in [-0.2, 0) is 10.9 Å². The van der Waals surface area contributed by atoms with Gasteiger partial charge in [0.1, 0.15) is 11.6 Å².